The van der Waals surface area contributed by atoms with Crippen LogP contribution in [0.25, 0.3) is 0 Å². The molecular formula is C23H33N3O5. The molecule has 1 amide bonds. The molecule has 0 bridgehead atoms. The van der Waals surface area contributed by atoms with Crippen molar-refractivity contribution in [1.82, 2.24) is 15.2 Å². The lowest BCUT2D eigenvalue weighted by Gasteiger charge is -2.28. The summed E-state index contributed by atoms with van der Waals surface area (Å²) in [5.74, 6) is 1.84. The standard InChI is InChI=1S/C23H33N3O5/c1-5-16(2)26(13-17-11-18(28-3)8-9-21(17)29-4)14-22-25-20(15-31-22)23(27)24-12-19-7-6-10-30-19/h8-9,11,15-16,19H,5-7,10,12-14H2,1-4H3,(H,24,27)/t16-,19-/m1/s1. The minimum absolute atomic E-state index is 0.0917. The number of benzene rings is 1. The van der Waals surface area contributed by atoms with Crippen LogP contribution in [0.3, 0.4) is 0 Å². The normalized spacial score (nSPS) is 17.0. The van der Waals surface area contributed by atoms with Gasteiger partial charge in [0.1, 0.15) is 17.8 Å². The highest BCUT2D eigenvalue weighted by Crippen LogP contribution is 2.27. The van der Waals surface area contributed by atoms with E-state index in [-0.39, 0.29) is 23.7 Å². The molecule has 0 radical (unpaired) electrons. The highest BCUT2D eigenvalue weighted by atomic mass is 16.5. The monoisotopic (exact) mass is 431 g/mol. The average Bonchev–Trinajstić information content (AvgIpc) is 3.48. The molecule has 0 aliphatic carbocycles. The van der Waals surface area contributed by atoms with Crippen LogP contribution in [0, 0.1) is 0 Å². The fourth-order valence-electron chi connectivity index (χ4n) is 3.61. The van der Waals surface area contributed by atoms with Gasteiger partial charge in [-0.05, 0) is 44.4 Å². The Hall–Kier alpha value is -2.58. The quantitative estimate of drug-likeness (QED) is 0.583. The summed E-state index contributed by atoms with van der Waals surface area (Å²) in [5, 5.41) is 2.88. The third kappa shape index (κ3) is 6.21. The first kappa shape index (κ1) is 23.1. The van der Waals surface area contributed by atoms with E-state index < -0.39 is 0 Å². The predicted octanol–water partition coefficient (Wildman–Crippen LogP) is 3.40. The molecule has 1 fully saturated rings. The average molecular weight is 432 g/mol. The van der Waals surface area contributed by atoms with Crippen molar-refractivity contribution in [2.45, 2.75) is 58.3 Å². The van der Waals surface area contributed by atoms with Crippen molar-refractivity contribution in [3.05, 3.63) is 41.6 Å². The Balaban J connectivity index is 1.67. The minimum Gasteiger partial charge on any atom is -0.497 e. The first-order chi connectivity index (χ1) is 15.0. The van der Waals surface area contributed by atoms with E-state index in [4.69, 9.17) is 18.6 Å². The number of amides is 1. The van der Waals surface area contributed by atoms with Crippen molar-refractivity contribution in [3.63, 3.8) is 0 Å². The third-order valence-corrected chi connectivity index (χ3v) is 5.71. The molecule has 0 saturated carbocycles. The summed E-state index contributed by atoms with van der Waals surface area (Å²) in [6, 6.07) is 6.05. The minimum atomic E-state index is -0.241. The highest BCUT2D eigenvalue weighted by molar-refractivity contribution is 5.91. The molecular weight excluding hydrogens is 398 g/mol. The van der Waals surface area contributed by atoms with Crippen molar-refractivity contribution < 1.29 is 23.4 Å². The van der Waals surface area contributed by atoms with Crippen LogP contribution < -0.4 is 14.8 Å². The molecule has 2 heterocycles. The number of carbonyl (C=O) groups is 1. The highest BCUT2D eigenvalue weighted by Gasteiger charge is 2.21. The van der Waals surface area contributed by atoms with Gasteiger partial charge in [0.15, 0.2) is 5.69 Å². The molecule has 1 saturated heterocycles. The zero-order valence-electron chi connectivity index (χ0n) is 18.8. The number of rotatable bonds is 11. The van der Waals surface area contributed by atoms with Gasteiger partial charge < -0.3 is 23.9 Å². The number of nitrogens with zero attached hydrogens (tertiary/aromatic N) is 2. The van der Waals surface area contributed by atoms with Gasteiger partial charge in [-0.1, -0.05) is 6.92 Å². The van der Waals surface area contributed by atoms with Gasteiger partial charge in [-0.3, -0.25) is 9.69 Å². The van der Waals surface area contributed by atoms with Gasteiger partial charge in [-0.15, -0.1) is 0 Å². The topological polar surface area (TPSA) is 86.1 Å². The van der Waals surface area contributed by atoms with Crippen LogP contribution in [-0.4, -0.2) is 55.3 Å². The molecule has 3 rings (SSSR count). The first-order valence-electron chi connectivity index (χ1n) is 10.8. The lowest BCUT2D eigenvalue weighted by Crippen LogP contribution is -2.33. The lowest BCUT2D eigenvalue weighted by molar-refractivity contribution is 0.0853. The van der Waals surface area contributed by atoms with Crippen molar-refractivity contribution in [2.24, 2.45) is 0 Å². The fourth-order valence-corrected chi connectivity index (χ4v) is 3.61. The molecule has 8 nitrogen and oxygen atoms in total. The van der Waals surface area contributed by atoms with Crippen LogP contribution in [-0.2, 0) is 17.8 Å². The Bertz CT molecular complexity index is 847. The molecule has 1 N–H and O–H groups in total. The third-order valence-electron chi connectivity index (χ3n) is 5.71. The van der Waals surface area contributed by atoms with E-state index in [1.807, 2.05) is 18.2 Å². The summed E-state index contributed by atoms with van der Waals surface area (Å²) >= 11 is 0. The molecule has 170 valence electrons. The van der Waals surface area contributed by atoms with E-state index in [2.05, 4.69) is 29.0 Å². The van der Waals surface area contributed by atoms with Gasteiger partial charge in [0.05, 0.1) is 26.9 Å². The number of aromatic nitrogens is 1. The zero-order valence-corrected chi connectivity index (χ0v) is 18.8. The Labute approximate surface area is 183 Å². The van der Waals surface area contributed by atoms with Crippen molar-refractivity contribution in [3.8, 4) is 11.5 Å². The zero-order chi connectivity index (χ0) is 22.2. The first-order valence-corrected chi connectivity index (χ1v) is 10.8. The maximum absolute atomic E-state index is 12.4. The molecule has 0 unspecified atom stereocenters. The summed E-state index contributed by atoms with van der Waals surface area (Å²) in [7, 11) is 3.31. The van der Waals surface area contributed by atoms with Crippen LogP contribution in [0.5, 0.6) is 11.5 Å². The van der Waals surface area contributed by atoms with E-state index >= 15 is 0 Å². The molecule has 1 aromatic heterocycles. The fraction of sp³-hybridized carbons (Fsp3) is 0.565. The molecule has 1 aliphatic rings. The summed E-state index contributed by atoms with van der Waals surface area (Å²) in [6.45, 7) is 6.67. The van der Waals surface area contributed by atoms with Crippen LogP contribution in [0.4, 0.5) is 0 Å². The molecule has 2 atom stereocenters. The summed E-state index contributed by atoms with van der Waals surface area (Å²) in [6.07, 6.45) is 4.48. The lowest BCUT2D eigenvalue weighted by atomic mass is 10.1. The van der Waals surface area contributed by atoms with Crippen LogP contribution in [0.2, 0.25) is 0 Å². The summed E-state index contributed by atoms with van der Waals surface area (Å²) in [4.78, 5) is 19.1. The SMILES string of the molecule is CC[C@@H](C)N(Cc1nc(C(=O)NC[C@H]2CCCO2)co1)Cc1cc(OC)ccc1OC. The molecule has 1 aliphatic heterocycles. The Morgan fingerprint density at radius 1 is 1.32 bits per heavy atom. The van der Waals surface area contributed by atoms with E-state index in [0.29, 0.717) is 25.5 Å². The molecule has 0 spiro atoms. The van der Waals surface area contributed by atoms with E-state index in [0.717, 1.165) is 42.9 Å². The number of nitrogens with one attached hydrogen (secondary N) is 1. The van der Waals surface area contributed by atoms with E-state index in [1.54, 1.807) is 14.2 Å². The summed E-state index contributed by atoms with van der Waals surface area (Å²) in [5.41, 5.74) is 1.30. The number of oxazole rings is 1. The second kappa shape index (κ2) is 11.2. The van der Waals surface area contributed by atoms with Crippen molar-refractivity contribution in [2.75, 3.05) is 27.4 Å². The Morgan fingerprint density at radius 2 is 2.16 bits per heavy atom. The number of ether oxygens (including phenoxy) is 3. The van der Waals surface area contributed by atoms with Gasteiger partial charge in [-0.25, -0.2) is 4.98 Å². The second-order valence-corrected chi connectivity index (χ2v) is 7.81. The second-order valence-electron chi connectivity index (χ2n) is 7.81. The maximum atomic E-state index is 12.4. The number of carbonyl (C=O) groups excluding carboxylic acids is 1. The number of hydrogen-bond acceptors (Lipinski definition) is 7. The molecule has 8 heteroatoms. The smallest absolute Gasteiger partial charge is 0.273 e. The van der Waals surface area contributed by atoms with Crippen LogP contribution in [0.15, 0.2) is 28.9 Å². The molecule has 1 aromatic carbocycles. The van der Waals surface area contributed by atoms with Crippen molar-refractivity contribution in [1.29, 1.82) is 0 Å². The van der Waals surface area contributed by atoms with E-state index in [9.17, 15) is 4.79 Å². The number of methoxy groups -OCH3 is 2. The van der Waals surface area contributed by atoms with Gasteiger partial charge in [0.25, 0.3) is 5.91 Å². The molecule has 2 aromatic rings. The summed E-state index contributed by atoms with van der Waals surface area (Å²) < 4.78 is 22.1. The van der Waals surface area contributed by atoms with Gasteiger partial charge in [0.2, 0.25) is 5.89 Å². The van der Waals surface area contributed by atoms with E-state index in [1.165, 1.54) is 6.26 Å². The molecule has 31 heavy (non-hydrogen) atoms. The maximum Gasteiger partial charge on any atom is 0.273 e. The van der Waals surface area contributed by atoms with Crippen molar-refractivity contribution >= 4 is 5.91 Å². The number of hydrogen-bond donors (Lipinski definition) is 1. The van der Waals surface area contributed by atoms with Crippen LogP contribution in [0.1, 0.15) is 55.1 Å². The Morgan fingerprint density at radius 3 is 2.84 bits per heavy atom. The van der Waals surface area contributed by atoms with Gasteiger partial charge >= 0.3 is 0 Å². The van der Waals surface area contributed by atoms with Gasteiger partial charge in [-0.2, -0.15) is 0 Å². The largest absolute Gasteiger partial charge is 0.497 e. The van der Waals surface area contributed by atoms with Gasteiger partial charge in [0, 0.05) is 31.3 Å². The predicted molar refractivity (Wildman–Crippen MR) is 116 cm³/mol. The Kier molecular flexibility index (Phi) is 8.31. The van der Waals surface area contributed by atoms with Crippen LogP contribution >= 0.6 is 0 Å².